The Morgan fingerprint density at radius 1 is 1.08 bits per heavy atom. The molecule has 0 atom stereocenters. The summed E-state index contributed by atoms with van der Waals surface area (Å²) in [5, 5.41) is 0. The average molecular weight is 355 g/mol. The van der Waals surface area contributed by atoms with Crippen molar-refractivity contribution in [3.05, 3.63) is 59.7 Å². The van der Waals surface area contributed by atoms with E-state index in [2.05, 4.69) is 12.1 Å². The third-order valence-corrected chi connectivity index (χ3v) is 4.76. The summed E-state index contributed by atoms with van der Waals surface area (Å²) in [7, 11) is 1.69. The van der Waals surface area contributed by atoms with Crippen LogP contribution in [0.4, 0.5) is 0 Å². The molecular formula is C21H27N2O3+. The Balaban J connectivity index is 1.44. The summed E-state index contributed by atoms with van der Waals surface area (Å²) in [6.07, 6.45) is 0. The lowest BCUT2D eigenvalue weighted by Gasteiger charge is -2.32. The van der Waals surface area contributed by atoms with Gasteiger partial charge in [-0.25, -0.2) is 0 Å². The molecule has 2 aromatic carbocycles. The van der Waals surface area contributed by atoms with Gasteiger partial charge in [-0.05, 0) is 36.8 Å². The highest BCUT2D eigenvalue weighted by Crippen LogP contribution is 2.13. The van der Waals surface area contributed by atoms with Gasteiger partial charge >= 0.3 is 0 Å². The number of methoxy groups -OCH3 is 1. The summed E-state index contributed by atoms with van der Waals surface area (Å²) < 4.78 is 10.9. The van der Waals surface area contributed by atoms with Crippen LogP contribution in [-0.2, 0) is 11.3 Å². The average Bonchev–Trinajstić information content (AvgIpc) is 2.67. The number of nitrogens with zero attached hydrogens (tertiary/aromatic N) is 1. The number of quaternary nitrogens is 1. The first kappa shape index (κ1) is 18.3. The van der Waals surface area contributed by atoms with Crippen LogP contribution in [-0.4, -0.2) is 50.7 Å². The molecule has 1 fully saturated rings. The van der Waals surface area contributed by atoms with Crippen LogP contribution in [0.25, 0.3) is 0 Å². The number of nitrogens with one attached hydrogen (secondary N) is 1. The number of hydrogen-bond acceptors (Lipinski definition) is 3. The fourth-order valence-corrected chi connectivity index (χ4v) is 3.26. The van der Waals surface area contributed by atoms with Crippen molar-refractivity contribution in [2.24, 2.45) is 0 Å². The molecule has 1 heterocycles. The molecule has 0 unspecified atom stereocenters. The van der Waals surface area contributed by atoms with E-state index in [1.807, 2.05) is 48.2 Å². The molecule has 1 aliphatic heterocycles. The third kappa shape index (κ3) is 4.99. The molecule has 0 radical (unpaired) electrons. The van der Waals surface area contributed by atoms with E-state index in [4.69, 9.17) is 9.47 Å². The zero-order valence-electron chi connectivity index (χ0n) is 15.5. The van der Waals surface area contributed by atoms with Crippen LogP contribution in [0.5, 0.6) is 11.5 Å². The summed E-state index contributed by atoms with van der Waals surface area (Å²) in [5.74, 6) is 1.71. The topological polar surface area (TPSA) is 43.2 Å². The minimum absolute atomic E-state index is 0.0620. The first-order chi connectivity index (χ1) is 12.6. The standard InChI is InChI=1S/C21H26N2O3/c1-17-5-3-8-20(13-17)26-16-21(24)23-11-9-22(10-12-23)15-18-6-4-7-19(14-18)25-2/h3-8,13-14H,9-12,15-16H2,1-2H3/p+1. The molecule has 3 rings (SSSR count). The van der Waals surface area contributed by atoms with Gasteiger partial charge in [-0.15, -0.1) is 0 Å². The van der Waals surface area contributed by atoms with Gasteiger partial charge in [-0.2, -0.15) is 0 Å². The molecule has 2 aromatic rings. The van der Waals surface area contributed by atoms with E-state index in [0.29, 0.717) is 0 Å². The predicted octanol–water partition coefficient (Wildman–Crippen LogP) is 1.31. The Morgan fingerprint density at radius 2 is 1.81 bits per heavy atom. The van der Waals surface area contributed by atoms with Crippen molar-refractivity contribution in [3.63, 3.8) is 0 Å². The second-order valence-electron chi connectivity index (χ2n) is 6.76. The summed E-state index contributed by atoms with van der Waals surface area (Å²) >= 11 is 0. The number of rotatable bonds is 6. The van der Waals surface area contributed by atoms with Crippen molar-refractivity contribution < 1.29 is 19.2 Å². The summed E-state index contributed by atoms with van der Waals surface area (Å²) in [4.78, 5) is 15.8. The number of ether oxygens (including phenoxy) is 2. The Morgan fingerprint density at radius 3 is 2.54 bits per heavy atom. The van der Waals surface area contributed by atoms with Gasteiger partial charge in [0.1, 0.15) is 18.0 Å². The number of carbonyl (C=O) groups is 1. The lowest BCUT2D eigenvalue weighted by atomic mass is 10.2. The van der Waals surface area contributed by atoms with Crippen LogP contribution in [0, 0.1) is 6.92 Å². The smallest absolute Gasteiger partial charge is 0.260 e. The minimum Gasteiger partial charge on any atom is -0.497 e. The minimum atomic E-state index is 0.0620. The highest BCUT2D eigenvalue weighted by Gasteiger charge is 2.24. The van der Waals surface area contributed by atoms with E-state index in [9.17, 15) is 4.79 Å². The Labute approximate surface area is 155 Å². The fourth-order valence-electron chi connectivity index (χ4n) is 3.26. The zero-order chi connectivity index (χ0) is 18.4. The van der Waals surface area contributed by atoms with Gasteiger partial charge in [0.05, 0.1) is 33.3 Å². The molecule has 0 aromatic heterocycles. The molecule has 1 amide bonds. The zero-order valence-corrected chi connectivity index (χ0v) is 15.5. The highest BCUT2D eigenvalue weighted by atomic mass is 16.5. The maximum Gasteiger partial charge on any atom is 0.260 e. The SMILES string of the molecule is COc1cccc(C[NH+]2CCN(C(=O)COc3cccc(C)c3)CC2)c1. The second kappa shape index (κ2) is 8.72. The van der Waals surface area contributed by atoms with Gasteiger partial charge in [0, 0.05) is 5.56 Å². The van der Waals surface area contributed by atoms with E-state index in [1.54, 1.807) is 7.11 Å². The fraction of sp³-hybridized carbons (Fsp3) is 0.381. The van der Waals surface area contributed by atoms with Crippen molar-refractivity contribution in [1.29, 1.82) is 0 Å². The monoisotopic (exact) mass is 355 g/mol. The number of hydrogen-bond donors (Lipinski definition) is 1. The lowest BCUT2D eigenvalue weighted by Crippen LogP contribution is -3.13. The maximum absolute atomic E-state index is 12.4. The summed E-state index contributed by atoms with van der Waals surface area (Å²) in [6.45, 7) is 6.53. The van der Waals surface area contributed by atoms with Crippen LogP contribution in [0.15, 0.2) is 48.5 Å². The first-order valence-corrected chi connectivity index (χ1v) is 9.08. The van der Waals surface area contributed by atoms with Gasteiger partial charge in [-0.3, -0.25) is 4.79 Å². The largest absolute Gasteiger partial charge is 0.497 e. The molecule has 5 heteroatoms. The van der Waals surface area contributed by atoms with Crippen LogP contribution in [0.1, 0.15) is 11.1 Å². The van der Waals surface area contributed by atoms with E-state index < -0.39 is 0 Å². The van der Waals surface area contributed by atoms with Crippen molar-refractivity contribution in [1.82, 2.24) is 4.90 Å². The Bertz CT molecular complexity index is 740. The summed E-state index contributed by atoms with van der Waals surface area (Å²) in [5.41, 5.74) is 2.40. The van der Waals surface area contributed by atoms with Crippen molar-refractivity contribution in [2.75, 3.05) is 39.9 Å². The van der Waals surface area contributed by atoms with Gasteiger partial charge in [-0.1, -0.05) is 24.3 Å². The predicted molar refractivity (Wildman–Crippen MR) is 101 cm³/mol. The number of piperazine rings is 1. The maximum atomic E-state index is 12.4. The molecule has 0 spiro atoms. The number of carbonyl (C=O) groups excluding carboxylic acids is 1. The number of amides is 1. The van der Waals surface area contributed by atoms with Gasteiger partial charge in [0.2, 0.25) is 0 Å². The van der Waals surface area contributed by atoms with E-state index in [0.717, 1.165) is 49.8 Å². The molecule has 138 valence electrons. The highest BCUT2D eigenvalue weighted by molar-refractivity contribution is 5.77. The molecule has 0 aliphatic carbocycles. The molecule has 0 saturated carbocycles. The van der Waals surface area contributed by atoms with Crippen LogP contribution in [0.3, 0.4) is 0 Å². The van der Waals surface area contributed by atoms with Gasteiger partial charge < -0.3 is 19.3 Å². The molecular weight excluding hydrogens is 328 g/mol. The molecule has 0 bridgehead atoms. The van der Waals surface area contributed by atoms with Gasteiger partial charge in [0.15, 0.2) is 6.61 Å². The number of aryl methyl sites for hydroxylation is 1. The lowest BCUT2D eigenvalue weighted by molar-refractivity contribution is -0.917. The Hall–Kier alpha value is -2.53. The molecule has 1 saturated heterocycles. The Kier molecular flexibility index (Phi) is 6.12. The molecule has 1 aliphatic rings. The van der Waals surface area contributed by atoms with Crippen molar-refractivity contribution in [2.45, 2.75) is 13.5 Å². The van der Waals surface area contributed by atoms with Gasteiger partial charge in [0.25, 0.3) is 5.91 Å². The third-order valence-electron chi connectivity index (χ3n) is 4.76. The van der Waals surface area contributed by atoms with Crippen molar-refractivity contribution >= 4 is 5.91 Å². The molecule has 5 nitrogen and oxygen atoms in total. The van der Waals surface area contributed by atoms with E-state index in [-0.39, 0.29) is 12.5 Å². The van der Waals surface area contributed by atoms with Crippen LogP contribution >= 0.6 is 0 Å². The summed E-state index contributed by atoms with van der Waals surface area (Å²) in [6, 6.07) is 16.0. The van der Waals surface area contributed by atoms with E-state index >= 15 is 0 Å². The van der Waals surface area contributed by atoms with Crippen LogP contribution < -0.4 is 14.4 Å². The second-order valence-corrected chi connectivity index (χ2v) is 6.76. The first-order valence-electron chi connectivity index (χ1n) is 9.08. The quantitative estimate of drug-likeness (QED) is 0.850. The molecule has 26 heavy (non-hydrogen) atoms. The van der Waals surface area contributed by atoms with Crippen LogP contribution in [0.2, 0.25) is 0 Å². The molecule has 1 N–H and O–H groups in total. The van der Waals surface area contributed by atoms with E-state index in [1.165, 1.54) is 10.5 Å². The normalized spacial score (nSPS) is 14.9. The van der Waals surface area contributed by atoms with Crippen molar-refractivity contribution in [3.8, 4) is 11.5 Å². The number of benzene rings is 2.